The van der Waals surface area contributed by atoms with E-state index in [4.69, 9.17) is 10.5 Å². The second-order valence-electron chi connectivity index (χ2n) is 4.97. The van der Waals surface area contributed by atoms with E-state index in [-0.39, 0.29) is 17.6 Å². The largest absolute Gasteiger partial charge is 0.462 e. The number of esters is 1. The Bertz CT molecular complexity index is 745. The minimum absolute atomic E-state index is 0.0594. The number of fused-ring (bicyclic) bond motifs is 1. The number of nitrogens with two attached hydrogens (primary N) is 1. The van der Waals surface area contributed by atoms with Gasteiger partial charge in [0.2, 0.25) is 5.43 Å². The summed E-state index contributed by atoms with van der Waals surface area (Å²) < 4.78 is 6.93. The molecule has 1 fully saturated rings. The fourth-order valence-electron chi connectivity index (χ4n) is 2.43. The molecule has 5 heteroatoms. The van der Waals surface area contributed by atoms with Crippen LogP contribution in [0.15, 0.2) is 29.2 Å². The Morgan fingerprint density at radius 3 is 2.85 bits per heavy atom. The Morgan fingerprint density at radius 2 is 2.20 bits per heavy atom. The molecule has 0 spiro atoms. The van der Waals surface area contributed by atoms with Crippen LogP contribution in [0.4, 0.5) is 5.69 Å². The van der Waals surface area contributed by atoms with Crippen molar-refractivity contribution in [2.24, 2.45) is 0 Å². The van der Waals surface area contributed by atoms with Crippen LogP contribution in [0, 0.1) is 0 Å². The molecule has 1 heterocycles. The molecule has 20 heavy (non-hydrogen) atoms. The average molecular weight is 272 g/mol. The van der Waals surface area contributed by atoms with Crippen molar-refractivity contribution in [3.05, 3.63) is 40.2 Å². The maximum absolute atomic E-state index is 12.5. The summed E-state index contributed by atoms with van der Waals surface area (Å²) in [4.78, 5) is 24.4. The highest BCUT2D eigenvalue weighted by Gasteiger charge is 2.27. The number of anilines is 1. The number of rotatable bonds is 3. The molecule has 0 amide bonds. The number of nitrogens with zero attached hydrogens (tertiary/aromatic N) is 1. The van der Waals surface area contributed by atoms with Crippen LogP contribution in [-0.2, 0) is 4.74 Å². The second kappa shape index (κ2) is 4.67. The second-order valence-corrected chi connectivity index (χ2v) is 4.97. The number of carbonyl (C=O) groups is 1. The Balaban J connectivity index is 2.32. The molecule has 1 aliphatic carbocycles. The van der Waals surface area contributed by atoms with Crippen molar-refractivity contribution in [1.29, 1.82) is 0 Å². The van der Waals surface area contributed by atoms with Gasteiger partial charge in [-0.25, -0.2) is 4.79 Å². The third-order valence-electron chi connectivity index (χ3n) is 3.53. The van der Waals surface area contributed by atoms with Gasteiger partial charge in [0.05, 0.1) is 17.5 Å². The maximum Gasteiger partial charge on any atom is 0.343 e. The summed E-state index contributed by atoms with van der Waals surface area (Å²) in [7, 11) is 0. The molecule has 3 rings (SSSR count). The van der Waals surface area contributed by atoms with Gasteiger partial charge in [0.1, 0.15) is 5.56 Å². The summed E-state index contributed by atoms with van der Waals surface area (Å²) in [6.45, 7) is 1.96. The lowest BCUT2D eigenvalue weighted by molar-refractivity contribution is 0.0524. The molecule has 0 saturated heterocycles. The molecule has 2 aromatic rings. The lowest BCUT2D eigenvalue weighted by atomic mass is 10.1. The topological polar surface area (TPSA) is 74.3 Å². The van der Waals surface area contributed by atoms with Crippen molar-refractivity contribution in [3.8, 4) is 0 Å². The molecule has 1 aromatic carbocycles. The standard InChI is InChI=1S/C15H16N2O3/c1-2-20-15(19)10-8-17(9-6-7-9)12-5-3-4-11(16)13(12)14(10)18/h3-5,8-9H,2,6-7,16H2,1H3. The Hall–Kier alpha value is -2.30. The summed E-state index contributed by atoms with van der Waals surface area (Å²) in [6.07, 6.45) is 3.71. The predicted octanol–water partition coefficient (Wildman–Crippen LogP) is 2.10. The summed E-state index contributed by atoms with van der Waals surface area (Å²) in [5.41, 5.74) is 6.81. The van der Waals surface area contributed by atoms with Crippen LogP contribution < -0.4 is 11.2 Å². The number of carbonyl (C=O) groups excluding carboxylic acids is 1. The van der Waals surface area contributed by atoms with Gasteiger partial charge in [-0.1, -0.05) is 6.07 Å². The SMILES string of the molecule is CCOC(=O)c1cn(C2CC2)c2cccc(N)c2c1=O. The van der Waals surface area contributed by atoms with E-state index in [0.29, 0.717) is 17.1 Å². The van der Waals surface area contributed by atoms with Gasteiger partial charge in [-0.3, -0.25) is 4.79 Å². The number of pyridine rings is 1. The smallest absolute Gasteiger partial charge is 0.343 e. The van der Waals surface area contributed by atoms with Crippen molar-refractivity contribution in [2.75, 3.05) is 12.3 Å². The fraction of sp³-hybridized carbons (Fsp3) is 0.333. The third-order valence-corrected chi connectivity index (χ3v) is 3.53. The molecule has 0 bridgehead atoms. The van der Waals surface area contributed by atoms with Gasteiger partial charge in [0, 0.05) is 17.9 Å². The van der Waals surface area contributed by atoms with Crippen LogP contribution in [0.2, 0.25) is 0 Å². The highest BCUT2D eigenvalue weighted by atomic mass is 16.5. The van der Waals surface area contributed by atoms with E-state index in [1.54, 1.807) is 19.2 Å². The minimum Gasteiger partial charge on any atom is -0.462 e. The minimum atomic E-state index is -0.586. The molecule has 0 radical (unpaired) electrons. The van der Waals surface area contributed by atoms with Gasteiger partial charge >= 0.3 is 5.97 Å². The number of aromatic nitrogens is 1. The van der Waals surface area contributed by atoms with Gasteiger partial charge < -0.3 is 15.0 Å². The monoisotopic (exact) mass is 272 g/mol. The summed E-state index contributed by atoms with van der Waals surface area (Å²) in [6, 6.07) is 5.70. The lowest BCUT2D eigenvalue weighted by Crippen LogP contribution is -2.21. The van der Waals surface area contributed by atoms with Gasteiger partial charge in [-0.05, 0) is 31.9 Å². The van der Waals surface area contributed by atoms with Gasteiger partial charge in [0.25, 0.3) is 0 Å². The van der Waals surface area contributed by atoms with Crippen molar-refractivity contribution in [3.63, 3.8) is 0 Å². The van der Waals surface area contributed by atoms with Crippen LogP contribution in [0.1, 0.15) is 36.2 Å². The normalized spacial score (nSPS) is 14.4. The molecular weight excluding hydrogens is 256 g/mol. The molecular formula is C15H16N2O3. The lowest BCUT2D eigenvalue weighted by Gasteiger charge is -2.13. The number of nitrogen functional groups attached to an aromatic ring is 1. The zero-order valence-electron chi connectivity index (χ0n) is 11.3. The third kappa shape index (κ3) is 1.95. The fourth-order valence-corrected chi connectivity index (χ4v) is 2.43. The highest BCUT2D eigenvalue weighted by Crippen LogP contribution is 2.37. The molecule has 0 atom stereocenters. The van der Waals surface area contributed by atoms with Crippen LogP contribution in [0.5, 0.6) is 0 Å². The van der Waals surface area contributed by atoms with Gasteiger partial charge in [-0.2, -0.15) is 0 Å². The van der Waals surface area contributed by atoms with Gasteiger partial charge in [-0.15, -0.1) is 0 Å². The first-order valence-corrected chi connectivity index (χ1v) is 6.74. The predicted molar refractivity (Wildman–Crippen MR) is 76.8 cm³/mol. The molecule has 1 saturated carbocycles. The Kier molecular flexibility index (Phi) is 2.97. The number of ether oxygens (including phenoxy) is 1. The summed E-state index contributed by atoms with van der Waals surface area (Å²) >= 11 is 0. The molecule has 104 valence electrons. The van der Waals surface area contributed by atoms with Crippen molar-refractivity contribution < 1.29 is 9.53 Å². The zero-order chi connectivity index (χ0) is 14.3. The van der Waals surface area contributed by atoms with Crippen LogP contribution in [0.25, 0.3) is 10.9 Å². The Labute approximate surface area is 116 Å². The van der Waals surface area contributed by atoms with Crippen molar-refractivity contribution >= 4 is 22.6 Å². The first-order valence-electron chi connectivity index (χ1n) is 6.74. The molecule has 1 aliphatic rings. The molecule has 0 aliphatic heterocycles. The van der Waals surface area contributed by atoms with Crippen LogP contribution >= 0.6 is 0 Å². The van der Waals surface area contributed by atoms with Crippen molar-refractivity contribution in [2.45, 2.75) is 25.8 Å². The molecule has 1 aromatic heterocycles. The Morgan fingerprint density at radius 1 is 1.45 bits per heavy atom. The van der Waals surface area contributed by atoms with Crippen LogP contribution in [0.3, 0.4) is 0 Å². The maximum atomic E-state index is 12.5. The van der Waals surface area contributed by atoms with Gasteiger partial charge in [0.15, 0.2) is 0 Å². The van der Waals surface area contributed by atoms with E-state index >= 15 is 0 Å². The number of benzene rings is 1. The van der Waals surface area contributed by atoms with E-state index in [9.17, 15) is 9.59 Å². The number of hydrogen-bond donors (Lipinski definition) is 1. The molecule has 5 nitrogen and oxygen atoms in total. The molecule has 2 N–H and O–H groups in total. The van der Waals surface area contributed by atoms with E-state index in [0.717, 1.165) is 18.4 Å². The molecule has 0 unspecified atom stereocenters. The van der Waals surface area contributed by atoms with Crippen molar-refractivity contribution in [1.82, 2.24) is 4.57 Å². The van der Waals surface area contributed by atoms with E-state index in [1.165, 1.54) is 0 Å². The first-order chi connectivity index (χ1) is 9.63. The van der Waals surface area contributed by atoms with Crippen LogP contribution in [-0.4, -0.2) is 17.1 Å². The quantitative estimate of drug-likeness (QED) is 0.686. The zero-order valence-corrected chi connectivity index (χ0v) is 11.3. The van der Waals surface area contributed by atoms with E-state index in [2.05, 4.69) is 0 Å². The van der Waals surface area contributed by atoms with E-state index < -0.39 is 5.97 Å². The number of hydrogen-bond acceptors (Lipinski definition) is 4. The summed E-state index contributed by atoms with van der Waals surface area (Å²) in [5, 5.41) is 0.407. The van der Waals surface area contributed by atoms with E-state index in [1.807, 2.05) is 16.7 Å². The average Bonchev–Trinajstić information content (AvgIpc) is 3.23. The summed E-state index contributed by atoms with van der Waals surface area (Å²) in [5.74, 6) is -0.586. The highest BCUT2D eigenvalue weighted by molar-refractivity contribution is 5.97. The first kappa shape index (κ1) is 12.7.